The second-order valence-corrected chi connectivity index (χ2v) is 8.52. The van der Waals surface area contributed by atoms with Crippen LogP contribution in [-0.4, -0.2) is 10.2 Å². The van der Waals surface area contributed by atoms with Gasteiger partial charge in [-0.25, -0.2) is 0 Å². The van der Waals surface area contributed by atoms with Gasteiger partial charge in [0, 0.05) is 5.41 Å². The molecule has 2 nitrogen and oxygen atoms in total. The number of hydrogen-bond donors (Lipinski definition) is 2. The molecular weight excluding hydrogens is 296 g/mol. The molecule has 0 radical (unpaired) electrons. The molecule has 0 saturated carbocycles. The molecule has 0 bridgehead atoms. The van der Waals surface area contributed by atoms with Gasteiger partial charge in [-0.1, -0.05) is 52.8 Å². The van der Waals surface area contributed by atoms with Gasteiger partial charge in [0.05, 0.1) is 0 Å². The summed E-state index contributed by atoms with van der Waals surface area (Å²) >= 11 is 0. The second kappa shape index (κ2) is 5.54. The molecule has 0 saturated heterocycles. The first kappa shape index (κ1) is 16.9. The van der Waals surface area contributed by atoms with Crippen molar-refractivity contribution in [3.63, 3.8) is 0 Å². The highest BCUT2D eigenvalue weighted by Gasteiger charge is 2.47. The molecule has 2 N–H and O–H groups in total. The first-order chi connectivity index (χ1) is 11.1. The standard InChI is InChI=1S/C22H28O2/c1-14(2)12-17-19(24)11-10-18-20(17)22(5,13-21(18,3)4)15-6-8-16(23)9-7-15/h6-11,14,23-24H,12-13H2,1-5H3. The minimum absolute atomic E-state index is 0.0569. The van der Waals surface area contributed by atoms with Gasteiger partial charge in [0.25, 0.3) is 0 Å². The van der Waals surface area contributed by atoms with Crippen molar-refractivity contribution in [1.82, 2.24) is 0 Å². The third kappa shape index (κ3) is 2.58. The number of phenolic OH excluding ortho intramolecular Hbond substituents is 2. The Labute approximate surface area is 145 Å². The maximum atomic E-state index is 10.6. The highest BCUT2D eigenvalue weighted by molar-refractivity contribution is 5.59. The van der Waals surface area contributed by atoms with Crippen molar-refractivity contribution in [2.45, 2.75) is 58.3 Å². The number of benzene rings is 2. The van der Waals surface area contributed by atoms with Crippen LogP contribution in [0.5, 0.6) is 11.5 Å². The minimum atomic E-state index is -0.157. The molecule has 1 aliphatic carbocycles. The first-order valence-corrected chi connectivity index (χ1v) is 8.80. The van der Waals surface area contributed by atoms with E-state index in [-0.39, 0.29) is 16.6 Å². The summed E-state index contributed by atoms with van der Waals surface area (Å²) < 4.78 is 0. The van der Waals surface area contributed by atoms with Gasteiger partial charge in [0.15, 0.2) is 0 Å². The zero-order valence-electron chi connectivity index (χ0n) is 15.4. The van der Waals surface area contributed by atoms with Gasteiger partial charge in [-0.05, 0) is 64.6 Å². The number of fused-ring (bicyclic) bond motifs is 1. The molecule has 3 rings (SSSR count). The van der Waals surface area contributed by atoms with E-state index in [0.29, 0.717) is 11.7 Å². The Morgan fingerprint density at radius 3 is 2.17 bits per heavy atom. The summed E-state index contributed by atoms with van der Waals surface area (Å²) in [4.78, 5) is 0. The summed E-state index contributed by atoms with van der Waals surface area (Å²) in [6.07, 6.45) is 1.87. The predicted molar refractivity (Wildman–Crippen MR) is 98.9 cm³/mol. The SMILES string of the molecule is CC(C)Cc1c(O)ccc2c1C(C)(c1ccc(O)cc1)CC2(C)C. The molecule has 0 amide bonds. The fraction of sp³-hybridized carbons (Fsp3) is 0.455. The van der Waals surface area contributed by atoms with Gasteiger partial charge in [0.1, 0.15) is 11.5 Å². The van der Waals surface area contributed by atoms with E-state index in [1.807, 2.05) is 18.2 Å². The van der Waals surface area contributed by atoms with E-state index in [1.54, 1.807) is 12.1 Å². The Hall–Kier alpha value is -1.96. The summed E-state index contributed by atoms with van der Waals surface area (Å²) in [5.74, 6) is 1.18. The smallest absolute Gasteiger partial charge is 0.119 e. The normalized spacial score (nSPS) is 21.9. The van der Waals surface area contributed by atoms with Crippen LogP contribution in [-0.2, 0) is 17.3 Å². The van der Waals surface area contributed by atoms with Crippen LogP contribution in [0.3, 0.4) is 0 Å². The van der Waals surface area contributed by atoms with Crippen molar-refractivity contribution in [2.75, 3.05) is 0 Å². The highest BCUT2D eigenvalue weighted by atomic mass is 16.3. The molecule has 0 aromatic heterocycles. The minimum Gasteiger partial charge on any atom is -0.508 e. The van der Waals surface area contributed by atoms with Crippen LogP contribution < -0.4 is 0 Å². The zero-order valence-corrected chi connectivity index (χ0v) is 15.4. The van der Waals surface area contributed by atoms with Gasteiger partial charge in [0.2, 0.25) is 0 Å². The summed E-state index contributed by atoms with van der Waals surface area (Å²) in [6, 6.07) is 11.5. The lowest BCUT2D eigenvalue weighted by Crippen LogP contribution is -2.24. The van der Waals surface area contributed by atoms with Crippen molar-refractivity contribution in [3.05, 3.63) is 58.7 Å². The second-order valence-electron chi connectivity index (χ2n) is 8.52. The Morgan fingerprint density at radius 2 is 1.58 bits per heavy atom. The molecule has 128 valence electrons. The van der Waals surface area contributed by atoms with Crippen molar-refractivity contribution in [3.8, 4) is 11.5 Å². The third-order valence-electron chi connectivity index (χ3n) is 5.48. The fourth-order valence-corrected chi connectivity index (χ4v) is 4.59. The monoisotopic (exact) mass is 324 g/mol. The Morgan fingerprint density at radius 1 is 0.958 bits per heavy atom. The van der Waals surface area contributed by atoms with Crippen molar-refractivity contribution < 1.29 is 10.2 Å². The Kier molecular flexibility index (Phi) is 3.90. The van der Waals surface area contributed by atoms with Gasteiger partial charge in [-0.2, -0.15) is 0 Å². The maximum absolute atomic E-state index is 10.6. The lowest BCUT2D eigenvalue weighted by atomic mass is 9.73. The van der Waals surface area contributed by atoms with Crippen LogP contribution in [0.15, 0.2) is 36.4 Å². The summed E-state index contributed by atoms with van der Waals surface area (Å²) in [5.41, 5.74) is 4.81. The largest absolute Gasteiger partial charge is 0.508 e. The topological polar surface area (TPSA) is 40.5 Å². The summed E-state index contributed by atoms with van der Waals surface area (Å²) in [7, 11) is 0. The van der Waals surface area contributed by atoms with Crippen LogP contribution in [0.4, 0.5) is 0 Å². The molecule has 2 heteroatoms. The van der Waals surface area contributed by atoms with Crippen molar-refractivity contribution in [2.24, 2.45) is 5.92 Å². The zero-order chi connectivity index (χ0) is 17.7. The van der Waals surface area contributed by atoms with E-state index in [4.69, 9.17) is 0 Å². The van der Waals surface area contributed by atoms with Crippen molar-refractivity contribution >= 4 is 0 Å². The number of rotatable bonds is 3. The Bertz CT molecular complexity index is 756. The molecule has 1 atom stereocenters. The number of phenols is 2. The lowest BCUT2D eigenvalue weighted by Gasteiger charge is -2.30. The van der Waals surface area contributed by atoms with E-state index >= 15 is 0 Å². The summed E-state index contributed by atoms with van der Waals surface area (Å²) in [6.45, 7) is 11.2. The molecule has 2 aromatic rings. The van der Waals surface area contributed by atoms with Crippen LogP contribution >= 0.6 is 0 Å². The van der Waals surface area contributed by atoms with E-state index in [9.17, 15) is 10.2 Å². The van der Waals surface area contributed by atoms with Crippen LogP contribution in [0.1, 0.15) is 63.3 Å². The van der Waals surface area contributed by atoms with E-state index in [0.717, 1.165) is 18.4 Å². The maximum Gasteiger partial charge on any atom is 0.119 e. The average molecular weight is 324 g/mol. The molecule has 1 aliphatic rings. The van der Waals surface area contributed by atoms with Crippen LogP contribution in [0, 0.1) is 5.92 Å². The fourth-order valence-electron chi connectivity index (χ4n) is 4.59. The number of aromatic hydroxyl groups is 2. The van der Waals surface area contributed by atoms with E-state index in [2.05, 4.69) is 40.7 Å². The molecule has 0 fully saturated rings. The first-order valence-electron chi connectivity index (χ1n) is 8.80. The molecule has 24 heavy (non-hydrogen) atoms. The van der Waals surface area contributed by atoms with Gasteiger partial charge < -0.3 is 10.2 Å². The molecule has 0 heterocycles. The molecule has 2 aromatic carbocycles. The van der Waals surface area contributed by atoms with Gasteiger partial charge in [-0.15, -0.1) is 0 Å². The van der Waals surface area contributed by atoms with E-state index in [1.165, 1.54) is 16.7 Å². The van der Waals surface area contributed by atoms with Crippen LogP contribution in [0.25, 0.3) is 0 Å². The van der Waals surface area contributed by atoms with Crippen LogP contribution in [0.2, 0.25) is 0 Å². The van der Waals surface area contributed by atoms with Gasteiger partial charge >= 0.3 is 0 Å². The quantitative estimate of drug-likeness (QED) is 0.806. The summed E-state index contributed by atoms with van der Waals surface area (Å²) in [5, 5.41) is 20.2. The molecule has 0 spiro atoms. The van der Waals surface area contributed by atoms with Gasteiger partial charge in [-0.3, -0.25) is 0 Å². The average Bonchev–Trinajstić information content (AvgIpc) is 2.69. The lowest BCUT2D eigenvalue weighted by molar-refractivity contribution is 0.420. The number of hydrogen-bond acceptors (Lipinski definition) is 2. The predicted octanol–water partition coefficient (Wildman–Crippen LogP) is 5.28. The molecule has 1 unspecified atom stereocenters. The third-order valence-corrected chi connectivity index (χ3v) is 5.48. The Balaban J connectivity index is 2.27. The molecule has 0 aliphatic heterocycles. The molecular formula is C22H28O2. The van der Waals surface area contributed by atoms with E-state index < -0.39 is 0 Å². The van der Waals surface area contributed by atoms with Crippen molar-refractivity contribution in [1.29, 1.82) is 0 Å². The highest BCUT2D eigenvalue weighted by Crippen LogP contribution is 2.55.